The van der Waals surface area contributed by atoms with Crippen LogP contribution in [0.1, 0.15) is 18.4 Å². The highest BCUT2D eigenvalue weighted by Crippen LogP contribution is 2.10. The molecule has 1 heterocycles. The van der Waals surface area contributed by atoms with Gasteiger partial charge >= 0.3 is 0 Å². The summed E-state index contributed by atoms with van der Waals surface area (Å²) in [6, 6.07) is 7.65. The third kappa shape index (κ3) is 3.80. The van der Waals surface area contributed by atoms with E-state index in [4.69, 9.17) is 0 Å². The first-order chi connectivity index (χ1) is 8.55. The zero-order valence-electron chi connectivity index (χ0n) is 10.6. The van der Waals surface area contributed by atoms with Gasteiger partial charge in [0.15, 0.2) is 9.84 Å². The zero-order chi connectivity index (χ0) is 13.0. The number of benzene rings is 1. The summed E-state index contributed by atoms with van der Waals surface area (Å²) in [5.41, 5.74) is 1.11. The number of rotatable bonds is 5. The van der Waals surface area contributed by atoms with Crippen molar-refractivity contribution < 1.29 is 8.42 Å². The highest BCUT2D eigenvalue weighted by Gasteiger charge is 2.12. The minimum Gasteiger partial charge on any atom is -0.313 e. The van der Waals surface area contributed by atoms with Crippen LogP contribution in [0, 0.1) is 0 Å². The Kier molecular flexibility index (Phi) is 4.37. The largest absolute Gasteiger partial charge is 0.313 e. The fraction of sp³-hybridized carbons (Fsp3) is 0.538. The van der Waals surface area contributed by atoms with Crippen molar-refractivity contribution in [3.05, 3.63) is 29.8 Å². The molecule has 0 aromatic heterocycles. The SMILES string of the molecule is CS(=O)(=O)c1ccc(CNCC2CCCN2)cc1. The van der Waals surface area contributed by atoms with Crippen molar-refractivity contribution in [2.45, 2.75) is 30.3 Å². The summed E-state index contributed by atoms with van der Waals surface area (Å²) in [6.07, 6.45) is 3.72. The predicted molar refractivity (Wildman–Crippen MR) is 72.3 cm³/mol. The first kappa shape index (κ1) is 13.5. The Hall–Kier alpha value is -0.910. The second-order valence-electron chi connectivity index (χ2n) is 4.84. The van der Waals surface area contributed by atoms with E-state index in [2.05, 4.69) is 10.6 Å². The molecule has 1 aliphatic rings. The molecule has 2 N–H and O–H groups in total. The van der Waals surface area contributed by atoms with Gasteiger partial charge in [-0.15, -0.1) is 0 Å². The Labute approximate surface area is 109 Å². The Morgan fingerprint density at radius 2 is 2.06 bits per heavy atom. The molecule has 1 atom stereocenters. The van der Waals surface area contributed by atoms with Crippen molar-refractivity contribution in [2.75, 3.05) is 19.3 Å². The van der Waals surface area contributed by atoms with Crippen LogP contribution in [0.4, 0.5) is 0 Å². The van der Waals surface area contributed by atoms with Gasteiger partial charge in [0.1, 0.15) is 0 Å². The minimum atomic E-state index is -3.08. The molecule has 100 valence electrons. The van der Waals surface area contributed by atoms with Gasteiger partial charge in [0.25, 0.3) is 0 Å². The molecule has 1 unspecified atom stereocenters. The number of hydrogen-bond donors (Lipinski definition) is 2. The summed E-state index contributed by atoms with van der Waals surface area (Å²) in [5.74, 6) is 0. The van der Waals surface area contributed by atoms with Crippen LogP contribution in [0.3, 0.4) is 0 Å². The van der Waals surface area contributed by atoms with Gasteiger partial charge in [0.2, 0.25) is 0 Å². The first-order valence-electron chi connectivity index (χ1n) is 6.29. The molecule has 2 rings (SSSR count). The van der Waals surface area contributed by atoms with Gasteiger partial charge < -0.3 is 10.6 Å². The van der Waals surface area contributed by atoms with Crippen molar-refractivity contribution in [1.29, 1.82) is 0 Å². The van der Waals surface area contributed by atoms with Crippen LogP contribution in [0.15, 0.2) is 29.2 Å². The summed E-state index contributed by atoms with van der Waals surface area (Å²) in [5, 5.41) is 6.82. The average Bonchev–Trinajstić information content (AvgIpc) is 2.82. The summed E-state index contributed by atoms with van der Waals surface area (Å²) in [4.78, 5) is 0.378. The van der Waals surface area contributed by atoms with Gasteiger partial charge in [-0.2, -0.15) is 0 Å². The average molecular weight is 268 g/mol. The van der Waals surface area contributed by atoms with Gasteiger partial charge in [-0.3, -0.25) is 0 Å². The van der Waals surface area contributed by atoms with Gasteiger partial charge in [-0.05, 0) is 37.1 Å². The van der Waals surface area contributed by atoms with E-state index in [1.165, 1.54) is 19.1 Å². The predicted octanol–water partition coefficient (Wildman–Crippen LogP) is 0.932. The molecule has 0 aliphatic carbocycles. The van der Waals surface area contributed by atoms with E-state index >= 15 is 0 Å². The molecule has 1 aromatic rings. The van der Waals surface area contributed by atoms with Gasteiger partial charge in [0.05, 0.1) is 4.90 Å². The van der Waals surface area contributed by atoms with Crippen LogP contribution in [-0.2, 0) is 16.4 Å². The Balaban J connectivity index is 1.83. The molecule has 1 aromatic carbocycles. The Morgan fingerprint density at radius 1 is 1.33 bits per heavy atom. The van der Waals surface area contributed by atoms with Crippen molar-refractivity contribution in [1.82, 2.24) is 10.6 Å². The van der Waals surface area contributed by atoms with Crippen molar-refractivity contribution in [3.63, 3.8) is 0 Å². The van der Waals surface area contributed by atoms with Gasteiger partial charge in [-0.1, -0.05) is 12.1 Å². The van der Waals surface area contributed by atoms with E-state index in [0.29, 0.717) is 10.9 Å². The molecule has 0 amide bonds. The van der Waals surface area contributed by atoms with Crippen LogP contribution in [0.2, 0.25) is 0 Å². The molecule has 0 bridgehead atoms. The molecular weight excluding hydrogens is 248 g/mol. The molecule has 1 fully saturated rings. The number of nitrogens with one attached hydrogen (secondary N) is 2. The fourth-order valence-corrected chi connectivity index (χ4v) is 2.81. The minimum absolute atomic E-state index is 0.378. The van der Waals surface area contributed by atoms with E-state index in [9.17, 15) is 8.42 Å². The zero-order valence-corrected chi connectivity index (χ0v) is 11.5. The maximum Gasteiger partial charge on any atom is 0.175 e. The smallest absolute Gasteiger partial charge is 0.175 e. The van der Waals surface area contributed by atoms with Crippen molar-refractivity contribution in [3.8, 4) is 0 Å². The third-order valence-electron chi connectivity index (χ3n) is 3.23. The number of sulfone groups is 1. The summed E-state index contributed by atoms with van der Waals surface area (Å²) < 4.78 is 22.6. The van der Waals surface area contributed by atoms with Crippen LogP contribution in [-0.4, -0.2) is 33.8 Å². The lowest BCUT2D eigenvalue weighted by Gasteiger charge is -2.11. The monoisotopic (exact) mass is 268 g/mol. The maximum absolute atomic E-state index is 11.3. The highest BCUT2D eigenvalue weighted by atomic mass is 32.2. The number of hydrogen-bond acceptors (Lipinski definition) is 4. The quantitative estimate of drug-likeness (QED) is 0.834. The van der Waals surface area contributed by atoms with Crippen LogP contribution in [0.5, 0.6) is 0 Å². The van der Waals surface area contributed by atoms with E-state index in [1.54, 1.807) is 12.1 Å². The van der Waals surface area contributed by atoms with Gasteiger partial charge in [0, 0.05) is 25.4 Å². The van der Waals surface area contributed by atoms with Crippen LogP contribution >= 0.6 is 0 Å². The molecule has 0 radical (unpaired) electrons. The molecule has 0 spiro atoms. The fourth-order valence-electron chi connectivity index (χ4n) is 2.18. The normalized spacial score (nSPS) is 20.2. The standard InChI is InChI=1S/C13H20N2O2S/c1-18(16,17)13-6-4-11(5-7-13)9-14-10-12-3-2-8-15-12/h4-7,12,14-15H,2-3,8-10H2,1H3. The molecular formula is C13H20N2O2S. The molecule has 18 heavy (non-hydrogen) atoms. The Morgan fingerprint density at radius 3 is 2.61 bits per heavy atom. The van der Waals surface area contributed by atoms with E-state index < -0.39 is 9.84 Å². The van der Waals surface area contributed by atoms with Gasteiger partial charge in [-0.25, -0.2) is 8.42 Å². The maximum atomic E-state index is 11.3. The van der Waals surface area contributed by atoms with E-state index in [-0.39, 0.29) is 0 Å². The first-order valence-corrected chi connectivity index (χ1v) is 8.18. The van der Waals surface area contributed by atoms with Crippen LogP contribution in [0.25, 0.3) is 0 Å². The second kappa shape index (κ2) is 5.82. The van der Waals surface area contributed by atoms with Crippen LogP contribution < -0.4 is 10.6 Å². The molecule has 1 saturated heterocycles. The van der Waals surface area contributed by atoms with Crippen molar-refractivity contribution >= 4 is 9.84 Å². The summed E-state index contributed by atoms with van der Waals surface area (Å²) in [6.45, 7) is 2.87. The van der Waals surface area contributed by atoms with E-state index in [1.807, 2.05) is 12.1 Å². The lowest BCUT2D eigenvalue weighted by atomic mass is 10.2. The molecule has 4 nitrogen and oxygen atoms in total. The van der Waals surface area contributed by atoms with Crippen molar-refractivity contribution in [2.24, 2.45) is 0 Å². The summed E-state index contributed by atoms with van der Waals surface area (Å²) in [7, 11) is -3.08. The molecule has 0 saturated carbocycles. The second-order valence-corrected chi connectivity index (χ2v) is 6.86. The Bertz CT molecular complexity index is 476. The highest BCUT2D eigenvalue weighted by molar-refractivity contribution is 7.90. The third-order valence-corrected chi connectivity index (χ3v) is 4.36. The molecule has 1 aliphatic heterocycles. The lowest BCUT2D eigenvalue weighted by Crippen LogP contribution is -2.33. The van der Waals surface area contributed by atoms with E-state index in [0.717, 1.165) is 25.2 Å². The molecule has 5 heteroatoms. The summed E-state index contributed by atoms with van der Waals surface area (Å²) >= 11 is 0. The lowest BCUT2D eigenvalue weighted by molar-refractivity contribution is 0.535. The topological polar surface area (TPSA) is 58.2 Å².